The average molecular weight is 374 g/mol. The van der Waals surface area contributed by atoms with Crippen LogP contribution in [0.1, 0.15) is 11.4 Å². The van der Waals surface area contributed by atoms with Crippen LogP contribution in [0.3, 0.4) is 0 Å². The number of halogens is 1. The molecule has 0 unspecified atom stereocenters. The Hall–Kier alpha value is -0.570. The van der Waals surface area contributed by atoms with Crippen molar-refractivity contribution in [3.05, 3.63) is 28.0 Å². The van der Waals surface area contributed by atoms with Crippen molar-refractivity contribution in [3.63, 3.8) is 0 Å². The van der Waals surface area contributed by atoms with Gasteiger partial charge in [0.25, 0.3) is 0 Å². The molecule has 1 aromatic heterocycles. The number of pyridine rings is 1. The third kappa shape index (κ3) is 7.62. The second-order valence-corrected chi connectivity index (χ2v) is 5.87. The monoisotopic (exact) mass is 373 g/mol. The maximum atomic E-state index is 5.49. The molecule has 0 amide bonds. The lowest BCUT2D eigenvalue weighted by atomic mass is 10.3. The first-order chi connectivity index (χ1) is 10.8. The first-order valence-electron chi connectivity index (χ1n) is 7.64. The second-order valence-electron chi connectivity index (χ2n) is 4.96. The van der Waals surface area contributed by atoms with Crippen LogP contribution < -0.4 is 10.6 Å². The standard InChI is InChI=1S/C15H24BrN3O3/c16-13-9-14-11-17-1-3-20-5-7-22-8-6-21-4-2-18-12-15(10-13)19-14/h9-10,17-18H,1-8,11-12H2. The lowest BCUT2D eigenvalue weighted by molar-refractivity contribution is 0.0156. The molecule has 2 rings (SSSR count). The van der Waals surface area contributed by atoms with E-state index in [-0.39, 0.29) is 0 Å². The van der Waals surface area contributed by atoms with Crippen molar-refractivity contribution in [3.8, 4) is 0 Å². The predicted octanol–water partition coefficient (Wildman–Crippen LogP) is 1.09. The second kappa shape index (κ2) is 11.0. The molecule has 7 heteroatoms. The van der Waals surface area contributed by atoms with Crippen LogP contribution in [0, 0.1) is 0 Å². The van der Waals surface area contributed by atoms with Gasteiger partial charge in [-0.1, -0.05) is 15.9 Å². The number of fused-ring (bicyclic) bond motifs is 2. The Labute approximate surface area is 140 Å². The Balaban J connectivity index is 1.85. The summed E-state index contributed by atoms with van der Waals surface area (Å²) in [5, 5.41) is 6.67. The summed E-state index contributed by atoms with van der Waals surface area (Å²) in [5.74, 6) is 0. The number of ether oxygens (including phenoxy) is 3. The molecule has 0 saturated carbocycles. The van der Waals surface area contributed by atoms with Crippen molar-refractivity contribution in [1.82, 2.24) is 15.6 Å². The Bertz CT molecular complexity index is 400. The molecule has 0 atom stereocenters. The van der Waals surface area contributed by atoms with Crippen molar-refractivity contribution < 1.29 is 14.2 Å². The minimum atomic E-state index is 0.609. The van der Waals surface area contributed by atoms with E-state index >= 15 is 0 Å². The molecular weight excluding hydrogens is 350 g/mol. The Kier molecular flexibility index (Phi) is 8.92. The Morgan fingerprint density at radius 2 is 1.23 bits per heavy atom. The maximum Gasteiger partial charge on any atom is 0.0701 e. The third-order valence-electron chi connectivity index (χ3n) is 3.10. The van der Waals surface area contributed by atoms with Gasteiger partial charge in [0.1, 0.15) is 0 Å². The van der Waals surface area contributed by atoms with Crippen LogP contribution in [0.15, 0.2) is 16.6 Å². The molecule has 1 aliphatic heterocycles. The zero-order valence-corrected chi connectivity index (χ0v) is 14.4. The van der Waals surface area contributed by atoms with Gasteiger partial charge in [0.2, 0.25) is 0 Å². The van der Waals surface area contributed by atoms with Crippen LogP contribution in [0.25, 0.3) is 0 Å². The van der Waals surface area contributed by atoms with E-state index in [1.807, 2.05) is 12.1 Å². The molecule has 0 aliphatic carbocycles. The average Bonchev–Trinajstić information content (AvgIpc) is 2.50. The lowest BCUT2D eigenvalue weighted by Crippen LogP contribution is -2.23. The van der Waals surface area contributed by atoms with Crippen molar-refractivity contribution in [1.29, 1.82) is 0 Å². The van der Waals surface area contributed by atoms with Gasteiger partial charge in [-0.05, 0) is 12.1 Å². The van der Waals surface area contributed by atoms with Crippen LogP contribution in [0.4, 0.5) is 0 Å². The molecule has 124 valence electrons. The quantitative estimate of drug-likeness (QED) is 0.709. The van der Waals surface area contributed by atoms with Crippen molar-refractivity contribution in [2.45, 2.75) is 13.1 Å². The number of rotatable bonds is 0. The lowest BCUT2D eigenvalue weighted by Gasteiger charge is -2.11. The van der Waals surface area contributed by atoms with E-state index in [2.05, 4.69) is 31.5 Å². The fourth-order valence-corrected chi connectivity index (χ4v) is 2.58. The zero-order chi connectivity index (χ0) is 15.5. The number of nitrogens with one attached hydrogen (secondary N) is 2. The van der Waals surface area contributed by atoms with E-state index < -0.39 is 0 Å². The third-order valence-corrected chi connectivity index (χ3v) is 3.56. The smallest absolute Gasteiger partial charge is 0.0701 e. The van der Waals surface area contributed by atoms with Crippen molar-refractivity contribution in [2.75, 3.05) is 52.7 Å². The Morgan fingerprint density at radius 3 is 1.73 bits per heavy atom. The summed E-state index contributed by atoms with van der Waals surface area (Å²) in [6.45, 7) is 6.84. The minimum Gasteiger partial charge on any atom is -0.378 e. The Morgan fingerprint density at radius 1 is 0.773 bits per heavy atom. The molecule has 22 heavy (non-hydrogen) atoms. The molecule has 2 N–H and O–H groups in total. The largest absolute Gasteiger partial charge is 0.378 e. The highest BCUT2D eigenvalue weighted by Crippen LogP contribution is 2.12. The van der Waals surface area contributed by atoms with E-state index in [1.54, 1.807) is 0 Å². The molecule has 2 heterocycles. The first kappa shape index (κ1) is 17.8. The number of aromatic nitrogens is 1. The fourth-order valence-electron chi connectivity index (χ4n) is 2.05. The van der Waals surface area contributed by atoms with Gasteiger partial charge in [-0.2, -0.15) is 0 Å². The molecule has 1 aliphatic rings. The fraction of sp³-hybridized carbons (Fsp3) is 0.667. The van der Waals surface area contributed by atoms with Gasteiger partial charge in [-0.3, -0.25) is 4.98 Å². The number of nitrogens with zero attached hydrogens (tertiary/aromatic N) is 1. The number of hydrogen-bond acceptors (Lipinski definition) is 6. The van der Waals surface area contributed by atoms with Gasteiger partial charge in [0, 0.05) is 30.7 Å². The van der Waals surface area contributed by atoms with E-state index in [0.717, 1.165) is 42.0 Å². The van der Waals surface area contributed by atoms with Crippen LogP contribution in [0.2, 0.25) is 0 Å². The summed E-state index contributed by atoms with van der Waals surface area (Å²) >= 11 is 3.54. The van der Waals surface area contributed by atoms with Gasteiger partial charge in [-0.15, -0.1) is 0 Å². The van der Waals surface area contributed by atoms with Gasteiger partial charge in [-0.25, -0.2) is 0 Å². The van der Waals surface area contributed by atoms with Crippen LogP contribution in [-0.2, 0) is 27.3 Å². The van der Waals surface area contributed by atoms with Gasteiger partial charge >= 0.3 is 0 Å². The molecule has 6 nitrogen and oxygen atoms in total. The highest BCUT2D eigenvalue weighted by atomic mass is 79.9. The number of hydrogen-bond donors (Lipinski definition) is 2. The summed E-state index contributed by atoms with van der Waals surface area (Å²) in [5.41, 5.74) is 2.04. The summed E-state index contributed by atoms with van der Waals surface area (Å²) in [6, 6.07) is 4.07. The van der Waals surface area contributed by atoms with Crippen LogP contribution in [-0.4, -0.2) is 57.7 Å². The summed E-state index contributed by atoms with van der Waals surface area (Å²) in [7, 11) is 0. The molecule has 0 saturated heterocycles. The predicted molar refractivity (Wildman–Crippen MR) is 87.8 cm³/mol. The molecule has 0 spiro atoms. The molecular formula is C15H24BrN3O3. The van der Waals surface area contributed by atoms with Gasteiger partial charge in [0.05, 0.1) is 51.0 Å². The molecule has 0 radical (unpaired) electrons. The highest BCUT2D eigenvalue weighted by Gasteiger charge is 2.02. The van der Waals surface area contributed by atoms with Crippen LogP contribution >= 0.6 is 15.9 Å². The highest BCUT2D eigenvalue weighted by molar-refractivity contribution is 9.10. The molecule has 0 aromatic carbocycles. The minimum absolute atomic E-state index is 0.609. The maximum absolute atomic E-state index is 5.49. The van der Waals surface area contributed by atoms with Gasteiger partial charge in [0.15, 0.2) is 0 Å². The molecule has 1 aromatic rings. The van der Waals surface area contributed by atoms with E-state index in [4.69, 9.17) is 14.2 Å². The summed E-state index contributed by atoms with van der Waals surface area (Å²) in [4.78, 5) is 4.64. The zero-order valence-electron chi connectivity index (χ0n) is 12.8. The SMILES string of the molecule is Brc1cc2nc(c1)CNCCOCCOCCOCCNC2. The first-order valence-corrected chi connectivity index (χ1v) is 8.44. The van der Waals surface area contributed by atoms with E-state index in [9.17, 15) is 0 Å². The van der Waals surface area contributed by atoms with E-state index in [0.29, 0.717) is 39.6 Å². The normalized spacial score (nSPS) is 20.0. The molecule has 2 bridgehead atoms. The van der Waals surface area contributed by atoms with E-state index in [1.165, 1.54) is 0 Å². The molecule has 0 fully saturated rings. The summed E-state index contributed by atoms with van der Waals surface area (Å²) in [6.07, 6.45) is 0. The van der Waals surface area contributed by atoms with Crippen LogP contribution in [0.5, 0.6) is 0 Å². The van der Waals surface area contributed by atoms with Gasteiger partial charge < -0.3 is 24.8 Å². The van der Waals surface area contributed by atoms with Crippen molar-refractivity contribution in [2.24, 2.45) is 0 Å². The topological polar surface area (TPSA) is 64.6 Å². The van der Waals surface area contributed by atoms with Crippen molar-refractivity contribution >= 4 is 15.9 Å². The summed E-state index contributed by atoms with van der Waals surface area (Å²) < 4.78 is 17.5.